The number of aliphatic carboxylic acids is 1. The Labute approximate surface area is 149 Å². The molecule has 0 radical (unpaired) electrons. The van der Waals surface area contributed by atoms with E-state index in [0.29, 0.717) is 11.3 Å². The van der Waals surface area contributed by atoms with Crippen LogP contribution in [0.3, 0.4) is 0 Å². The Morgan fingerprint density at radius 1 is 1.04 bits per heavy atom. The van der Waals surface area contributed by atoms with Crippen LogP contribution in [0.5, 0.6) is 0 Å². The molecule has 1 aromatic heterocycles. The summed E-state index contributed by atoms with van der Waals surface area (Å²) < 4.78 is 0. The molecule has 0 fully saturated rings. The number of thiazole rings is 1. The molecule has 0 unspecified atom stereocenters. The van der Waals surface area contributed by atoms with E-state index in [4.69, 9.17) is 0 Å². The van der Waals surface area contributed by atoms with Crippen molar-refractivity contribution in [2.24, 2.45) is 0 Å². The number of aromatic nitrogens is 1. The average molecular weight is 352 g/mol. The molecule has 3 rings (SSSR count). The predicted octanol–water partition coefficient (Wildman–Crippen LogP) is 3.29. The van der Waals surface area contributed by atoms with Crippen LogP contribution in [0.15, 0.2) is 66.0 Å². The van der Waals surface area contributed by atoms with Gasteiger partial charge in [-0.2, -0.15) is 0 Å². The summed E-state index contributed by atoms with van der Waals surface area (Å²) in [6.07, 6.45) is 0.0416. The number of carbonyl (C=O) groups excluding carboxylic acids is 1. The lowest BCUT2D eigenvalue weighted by Crippen LogP contribution is -2.34. The molecule has 3 aromatic rings. The van der Waals surface area contributed by atoms with Crippen LogP contribution in [-0.4, -0.2) is 22.0 Å². The first-order chi connectivity index (χ1) is 12.1. The van der Waals surface area contributed by atoms with Gasteiger partial charge in [-0.05, 0) is 5.56 Å². The van der Waals surface area contributed by atoms with Crippen molar-refractivity contribution < 1.29 is 14.7 Å². The summed E-state index contributed by atoms with van der Waals surface area (Å²) >= 11 is 1.46. The van der Waals surface area contributed by atoms with E-state index in [0.717, 1.165) is 10.6 Å². The molecule has 1 heterocycles. The monoisotopic (exact) mass is 352 g/mol. The molecule has 0 saturated heterocycles. The lowest BCUT2D eigenvalue weighted by Gasteiger charge is -2.14. The second-order valence-electron chi connectivity index (χ2n) is 5.44. The van der Waals surface area contributed by atoms with Gasteiger partial charge in [0.1, 0.15) is 5.01 Å². The SMILES string of the molecule is O=C(Cc1csc(-c2ccccc2)n1)N[C@H](C(=O)O)c1ccccc1. The topological polar surface area (TPSA) is 79.3 Å². The minimum atomic E-state index is -1.09. The van der Waals surface area contributed by atoms with Crippen LogP contribution in [0.25, 0.3) is 10.6 Å². The number of amides is 1. The molecular formula is C19H16N2O3S. The number of hydrogen-bond acceptors (Lipinski definition) is 4. The van der Waals surface area contributed by atoms with Crippen LogP contribution in [-0.2, 0) is 16.0 Å². The number of rotatable bonds is 6. The summed E-state index contributed by atoms with van der Waals surface area (Å²) in [5.41, 5.74) is 2.15. The van der Waals surface area contributed by atoms with Gasteiger partial charge in [0.2, 0.25) is 5.91 Å². The molecule has 0 aliphatic rings. The van der Waals surface area contributed by atoms with Crippen molar-refractivity contribution in [2.75, 3.05) is 0 Å². The van der Waals surface area contributed by atoms with Gasteiger partial charge < -0.3 is 10.4 Å². The van der Waals surface area contributed by atoms with Crippen LogP contribution < -0.4 is 5.32 Å². The fourth-order valence-corrected chi connectivity index (χ4v) is 3.24. The molecule has 0 saturated carbocycles. The molecule has 126 valence electrons. The average Bonchev–Trinajstić information content (AvgIpc) is 3.09. The van der Waals surface area contributed by atoms with Gasteiger partial charge in [0, 0.05) is 10.9 Å². The highest BCUT2D eigenvalue weighted by atomic mass is 32.1. The zero-order valence-corrected chi connectivity index (χ0v) is 14.1. The van der Waals surface area contributed by atoms with Crippen molar-refractivity contribution in [1.82, 2.24) is 10.3 Å². The Morgan fingerprint density at radius 2 is 1.68 bits per heavy atom. The zero-order valence-electron chi connectivity index (χ0n) is 13.3. The number of benzene rings is 2. The van der Waals surface area contributed by atoms with Crippen LogP contribution in [0, 0.1) is 0 Å². The van der Waals surface area contributed by atoms with Gasteiger partial charge >= 0.3 is 5.97 Å². The number of carboxylic acid groups (broad SMARTS) is 1. The van der Waals surface area contributed by atoms with Crippen molar-refractivity contribution in [3.05, 3.63) is 77.3 Å². The first-order valence-electron chi connectivity index (χ1n) is 7.70. The van der Waals surface area contributed by atoms with E-state index >= 15 is 0 Å². The third-order valence-electron chi connectivity index (χ3n) is 3.60. The van der Waals surface area contributed by atoms with Gasteiger partial charge in [0.25, 0.3) is 0 Å². The Hall–Kier alpha value is -2.99. The lowest BCUT2D eigenvalue weighted by atomic mass is 10.1. The van der Waals surface area contributed by atoms with Gasteiger partial charge in [-0.3, -0.25) is 4.79 Å². The molecule has 0 aliphatic heterocycles. The van der Waals surface area contributed by atoms with E-state index in [9.17, 15) is 14.7 Å². The quantitative estimate of drug-likeness (QED) is 0.713. The summed E-state index contributed by atoms with van der Waals surface area (Å²) in [6.45, 7) is 0. The van der Waals surface area contributed by atoms with Gasteiger partial charge in [-0.1, -0.05) is 60.7 Å². The molecule has 0 spiro atoms. The molecular weight excluding hydrogens is 336 g/mol. The smallest absolute Gasteiger partial charge is 0.330 e. The minimum absolute atomic E-state index is 0.0416. The van der Waals surface area contributed by atoms with E-state index < -0.39 is 12.0 Å². The maximum absolute atomic E-state index is 12.2. The number of hydrogen-bond donors (Lipinski definition) is 2. The van der Waals surface area contributed by atoms with Gasteiger partial charge in [0.15, 0.2) is 6.04 Å². The summed E-state index contributed by atoms with van der Waals surface area (Å²) in [5, 5.41) is 14.6. The fourth-order valence-electron chi connectivity index (χ4n) is 2.41. The van der Waals surface area contributed by atoms with E-state index in [2.05, 4.69) is 10.3 Å². The number of nitrogens with one attached hydrogen (secondary N) is 1. The van der Waals surface area contributed by atoms with Crippen molar-refractivity contribution in [1.29, 1.82) is 0 Å². The second-order valence-corrected chi connectivity index (χ2v) is 6.29. The van der Waals surface area contributed by atoms with E-state index in [-0.39, 0.29) is 12.3 Å². The minimum Gasteiger partial charge on any atom is -0.479 e. The Bertz CT molecular complexity index is 863. The maximum Gasteiger partial charge on any atom is 0.330 e. The Morgan fingerprint density at radius 3 is 2.32 bits per heavy atom. The van der Waals surface area contributed by atoms with Gasteiger partial charge in [-0.15, -0.1) is 11.3 Å². The van der Waals surface area contributed by atoms with E-state index in [1.165, 1.54) is 11.3 Å². The van der Waals surface area contributed by atoms with Crippen molar-refractivity contribution in [2.45, 2.75) is 12.5 Å². The van der Waals surface area contributed by atoms with Crippen molar-refractivity contribution >= 4 is 23.2 Å². The number of nitrogens with zero attached hydrogens (tertiary/aromatic N) is 1. The van der Waals surface area contributed by atoms with Crippen LogP contribution in [0.2, 0.25) is 0 Å². The van der Waals surface area contributed by atoms with E-state index in [1.807, 2.05) is 35.7 Å². The highest BCUT2D eigenvalue weighted by Gasteiger charge is 2.22. The first-order valence-corrected chi connectivity index (χ1v) is 8.58. The first kappa shape index (κ1) is 16.9. The largest absolute Gasteiger partial charge is 0.479 e. The van der Waals surface area contributed by atoms with Gasteiger partial charge in [0.05, 0.1) is 12.1 Å². The summed E-state index contributed by atoms with van der Waals surface area (Å²) in [5.74, 6) is -1.47. The fraction of sp³-hybridized carbons (Fsp3) is 0.105. The molecule has 0 bridgehead atoms. The third-order valence-corrected chi connectivity index (χ3v) is 4.54. The highest BCUT2D eigenvalue weighted by Crippen LogP contribution is 2.23. The molecule has 2 aromatic carbocycles. The number of carbonyl (C=O) groups is 2. The number of carboxylic acids is 1. The standard InChI is InChI=1S/C19H16N2O3S/c22-16(21-17(19(23)24)13-7-3-1-4-8-13)11-15-12-25-18(20-15)14-9-5-2-6-10-14/h1-10,12,17H,11H2,(H,21,22)(H,23,24)/t17-/m0/s1. The second kappa shape index (κ2) is 7.72. The third kappa shape index (κ3) is 4.30. The Balaban J connectivity index is 1.68. The lowest BCUT2D eigenvalue weighted by molar-refractivity contribution is -0.142. The predicted molar refractivity (Wildman–Crippen MR) is 96.2 cm³/mol. The summed E-state index contributed by atoms with van der Waals surface area (Å²) in [7, 11) is 0. The maximum atomic E-state index is 12.2. The summed E-state index contributed by atoms with van der Waals surface area (Å²) in [4.78, 5) is 28.1. The normalized spacial score (nSPS) is 11.7. The molecule has 1 amide bonds. The molecule has 25 heavy (non-hydrogen) atoms. The van der Waals surface area contributed by atoms with Crippen molar-refractivity contribution in [3.8, 4) is 10.6 Å². The highest BCUT2D eigenvalue weighted by molar-refractivity contribution is 7.13. The van der Waals surface area contributed by atoms with Crippen LogP contribution in [0.1, 0.15) is 17.3 Å². The molecule has 5 nitrogen and oxygen atoms in total. The van der Waals surface area contributed by atoms with Crippen molar-refractivity contribution in [3.63, 3.8) is 0 Å². The molecule has 2 N–H and O–H groups in total. The molecule has 0 aliphatic carbocycles. The molecule has 1 atom stereocenters. The van der Waals surface area contributed by atoms with Crippen LogP contribution in [0.4, 0.5) is 0 Å². The Kier molecular flexibility index (Phi) is 5.20. The van der Waals surface area contributed by atoms with Crippen LogP contribution >= 0.6 is 11.3 Å². The zero-order chi connectivity index (χ0) is 17.6. The van der Waals surface area contributed by atoms with E-state index in [1.54, 1.807) is 30.3 Å². The van der Waals surface area contributed by atoms with Gasteiger partial charge in [-0.25, -0.2) is 9.78 Å². The molecule has 6 heteroatoms. The summed E-state index contributed by atoms with van der Waals surface area (Å²) in [6, 6.07) is 17.3.